The normalized spacial score (nSPS) is 12.3. The van der Waals surface area contributed by atoms with Crippen LogP contribution in [-0.4, -0.2) is 25.8 Å². The quantitative estimate of drug-likeness (QED) is 0.531. The SMILES string of the molecule is CCn1ncc([C@@H](C)NC(=O)c2cc(-c3ccc(F)cc3)nc3onc(C)c23)c1C. The smallest absolute Gasteiger partial charge is 0.259 e. The van der Waals surface area contributed by atoms with Gasteiger partial charge in [0.05, 0.1) is 34.6 Å². The predicted octanol–water partition coefficient (Wildman–Crippen LogP) is 4.35. The Morgan fingerprint density at radius 3 is 2.67 bits per heavy atom. The standard InChI is InChI=1S/C22H22FN5O2/c1-5-28-14(4)18(11-24-28)12(2)25-21(29)17-10-19(15-6-8-16(23)9-7-15)26-22-20(17)13(3)27-30-22/h6-12H,5H2,1-4H3,(H,25,29)/t12-/m1/s1. The van der Waals surface area contributed by atoms with E-state index in [0.717, 1.165) is 17.8 Å². The van der Waals surface area contributed by atoms with Gasteiger partial charge in [-0.3, -0.25) is 9.48 Å². The summed E-state index contributed by atoms with van der Waals surface area (Å²) in [6, 6.07) is 7.37. The third-order valence-corrected chi connectivity index (χ3v) is 5.26. The van der Waals surface area contributed by atoms with Crippen molar-refractivity contribution >= 4 is 17.0 Å². The topological polar surface area (TPSA) is 85.8 Å². The van der Waals surface area contributed by atoms with E-state index in [1.165, 1.54) is 12.1 Å². The van der Waals surface area contributed by atoms with Gasteiger partial charge in [-0.15, -0.1) is 0 Å². The van der Waals surface area contributed by atoms with Gasteiger partial charge in [-0.05, 0) is 58.0 Å². The number of carbonyl (C=O) groups is 1. The lowest BCUT2D eigenvalue weighted by atomic mass is 10.0. The minimum absolute atomic E-state index is 0.240. The maximum Gasteiger partial charge on any atom is 0.259 e. The molecule has 0 radical (unpaired) electrons. The molecular weight excluding hydrogens is 385 g/mol. The Balaban J connectivity index is 1.73. The molecule has 0 unspecified atom stereocenters. The Bertz CT molecular complexity index is 1230. The molecule has 1 N–H and O–H groups in total. The molecule has 8 heteroatoms. The number of fused-ring (bicyclic) bond motifs is 1. The van der Waals surface area contributed by atoms with Crippen LogP contribution in [-0.2, 0) is 6.54 Å². The van der Waals surface area contributed by atoms with Crippen LogP contribution in [0.5, 0.6) is 0 Å². The Labute approximate surface area is 172 Å². The van der Waals surface area contributed by atoms with Crippen LogP contribution in [0.3, 0.4) is 0 Å². The number of benzene rings is 1. The molecule has 0 saturated carbocycles. The molecule has 0 aliphatic rings. The number of nitrogens with zero attached hydrogens (tertiary/aromatic N) is 4. The lowest BCUT2D eigenvalue weighted by molar-refractivity contribution is 0.0941. The summed E-state index contributed by atoms with van der Waals surface area (Å²) in [5.41, 5.74) is 4.40. The second kappa shape index (κ2) is 7.70. The second-order valence-corrected chi connectivity index (χ2v) is 7.21. The maximum absolute atomic E-state index is 13.3. The highest BCUT2D eigenvalue weighted by Crippen LogP contribution is 2.28. The van der Waals surface area contributed by atoms with Gasteiger partial charge in [0.1, 0.15) is 5.82 Å². The van der Waals surface area contributed by atoms with E-state index in [1.807, 2.05) is 25.5 Å². The molecule has 3 aromatic heterocycles. The van der Waals surface area contributed by atoms with E-state index in [9.17, 15) is 9.18 Å². The van der Waals surface area contributed by atoms with Crippen molar-refractivity contribution in [2.45, 2.75) is 40.3 Å². The van der Waals surface area contributed by atoms with Gasteiger partial charge in [-0.25, -0.2) is 9.37 Å². The molecule has 154 valence electrons. The molecule has 0 fully saturated rings. The van der Waals surface area contributed by atoms with Crippen molar-refractivity contribution in [3.05, 3.63) is 64.9 Å². The van der Waals surface area contributed by atoms with E-state index in [0.29, 0.717) is 27.9 Å². The molecule has 1 atom stereocenters. The molecule has 1 aromatic carbocycles. The monoisotopic (exact) mass is 407 g/mol. The van der Waals surface area contributed by atoms with Crippen LogP contribution < -0.4 is 5.32 Å². The summed E-state index contributed by atoms with van der Waals surface area (Å²) in [6.45, 7) is 8.45. The zero-order valence-corrected chi connectivity index (χ0v) is 17.2. The number of rotatable bonds is 5. The highest BCUT2D eigenvalue weighted by molar-refractivity contribution is 6.07. The summed E-state index contributed by atoms with van der Waals surface area (Å²) in [5, 5.41) is 11.9. The number of amides is 1. The highest BCUT2D eigenvalue weighted by Gasteiger charge is 2.22. The fourth-order valence-electron chi connectivity index (χ4n) is 3.60. The molecule has 0 aliphatic carbocycles. The van der Waals surface area contributed by atoms with Gasteiger partial charge in [0, 0.05) is 23.4 Å². The van der Waals surface area contributed by atoms with Gasteiger partial charge < -0.3 is 9.84 Å². The zero-order valence-electron chi connectivity index (χ0n) is 17.2. The Hall–Kier alpha value is -3.55. The van der Waals surface area contributed by atoms with Crippen LogP contribution in [0.4, 0.5) is 4.39 Å². The molecule has 30 heavy (non-hydrogen) atoms. The third kappa shape index (κ3) is 3.45. The van der Waals surface area contributed by atoms with E-state index in [-0.39, 0.29) is 23.5 Å². The fourth-order valence-corrected chi connectivity index (χ4v) is 3.60. The van der Waals surface area contributed by atoms with Gasteiger partial charge in [0.25, 0.3) is 11.6 Å². The summed E-state index contributed by atoms with van der Waals surface area (Å²) in [6.07, 6.45) is 1.78. The third-order valence-electron chi connectivity index (χ3n) is 5.26. The highest BCUT2D eigenvalue weighted by atomic mass is 19.1. The van der Waals surface area contributed by atoms with Crippen molar-refractivity contribution in [1.82, 2.24) is 25.2 Å². The minimum Gasteiger partial charge on any atom is -0.345 e. The van der Waals surface area contributed by atoms with E-state index in [1.54, 1.807) is 31.3 Å². The van der Waals surface area contributed by atoms with Gasteiger partial charge in [-0.2, -0.15) is 5.10 Å². The summed E-state index contributed by atoms with van der Waals surface area (Å²) >= 11 is 0. The minimum atomic E-state index is -0.342. The molecule has 0 spiro atoms. The van der Waals surface area contributed by atoms with E-state index in [4.69, 9.17) is 4.52 Å². The van der Waals surface area contributed by atoms with Crippen LogP contribution in [0.15, 0.2) is 41.1 Å². The molecule has 1 amide bonds. The second-order valence-electron chi connectivity index (χ2n) is 7.21. The maximum atomic E-state index is 13.3. The molecule has 7 nitrogen and oxygen atoms in total. The molecular formula is C22H22FN5O2. The number of aromatic nitrogens is 4. The van der Waals surface area contributed by atoms with Crippen molar-refractivity contribution < 1.29 is 13.7 Å². The average Bonchev–Trinajstić information content (AvgIpc) is 3.30. The molecule has 3 heterocycles. The van der Waals surface area contributed by atoms with Gasteiger partial charge in [0.2, 0.25) is 0 Å². The average molecular weight is 407 g/mol. The van der Waals surface area contributed by atoms with Crippen LogP contribution in [0.2, 0.25) is 0 Å². The number of nitrogens with one attached hydrogen (secondary N) is 1. The number of halogens is 1. The predicted molar refractivity (Wildman–Crippen MR) is 110 cm³/mol. The number of hydrogen-bond donors (Lipinski definition) is 1. The number of hydrogen-bond acceptors (Lipinski definition) is 5. The van der Waals surface area contributed by atoms with Gasteiger partial charge in [0.15, 0.2) is 0 Å². The first kappa shape index (κ1) is 19.8. The summed E-state index contributed by atoms with van der Waals surface area (Å²) in [5.74, 6) is -0.613. The van der Waals surface area contributed by atoms with Crippen LogP contribution >= 0.6 is 0 Å². The van der Waals surface area contributed by atoms with E-state index < -0.39 is 0 Å². The van der Waals surface area contributed by atoms with Crippen LogP contribution in [0.25, 0.3) is 22.4 Å². The first-order chi connectivity index (χ1) is 14.4. The molecule has 0 bridgehead atoms. The Morgan fingerprint density at radius 1 is 1.27 bits per heavy atom. The molecule has 0 aliphatic heterocycles. The Kier molecular flexibility index (Phi) is 5.07. The number of aryl methyl sites for hydroxylation is 2. The van der Waals surface area contributed by atoms with Gasteiger partial charge in [-0.1, -0.05) is 5.16 Å². The largest absolute Gasteiger partial charge is 0.345 e. The molecule has 4 rings (SSSR count). The summed E-state index contributed by atoms with van der Waals surface area (Å²) in [7, 11) is 0. The van der Waals surface area contributed by atoms with Gasteiger partial charge >= 0.3 is 0 Å². The fraction of sp³-hybridized carbons (Fsp3) is 0.273. The first-order valence-electron chi connectivity index (χ1n) is 9.75. The van der Waals surface area contributed by atoms with Crippen LogP contribution in [0, 0.1) is 19.7 Å². The van der Waals surface area contributed by atoms with Crippen LogP contribution in [0.1, 0.15) is 47.2 Å². The first-order valence-corrected chi connectivity index (χ1v) is 9.75. The summed E-state index contributed by atoms with van der Waals surface area (Å²) < 4.78 is 20.5. The van der Waals surface area contributed by atoms with Crippen molar-refractivity contribution in [1.29, 1.82) is 0 Å². The lowest BCUT2D eigenvalue weighted by Gasteiger charge is -2.15. The van der Waals surface area contributed by atoms with Crippen molar-refractivity contribution in [3.63, 3.8) is 0 Å². The molecule has 4 aromatic rings. The van der Waals surface area contributed by atoms with Crippen molar-refractivity contribution in [2.24, 2.45) is 0 Å². The van der Waals surface area contributed by atoms with Crippen molar-refractivity contribution in [2.75, 3.05) is 0 Å². The van der Waals surface area contributed by atoms with E-state index >= 15 is 0 Å². The summed E-state index contributed by atoms with van der Waals surface area (Å²) in [4.78, 5) is 17.7. The zero-order chi connectivity index (χ0) is 21.4. The molecule has 0 saturated heterocycles. The van der Waals surface area contributed by atoms with Crippen molar-refractivity contribution in [3.8, 4) is 11.3 Å². The number of carbonyl (C=O) groups excluding carboxylic acids is 1. The lowest BCUT2D eigenvalue weighted by Crippen LogP contribution is -2.27. The number of pyridine rings is 1. The Morgan fingerprint density at radius 2 is 2.00 bits per heavy atom. The van der Waals surface area contributed by atoms with E-state index in [2.05, 4.69) is 20.6 Å².